The predicted molar refractivity (Wildman–Crippen MR) is 68.0 cm³/mol. The van der Waals surface area contributed by atoms with Crippen LogP contribution >= 0.6 is 0 Å². The first-order valence-electron chi connectivity index (χ1n) is 7.12. The second-order valence-corrected chi connectivity index (χ2v) is 5.61. The van der Waals surface area contributed by atoms with E-state index >= 15 is 0 Å². The molecule has 1 aliphatic carbocycles. The lowest BCUT2D eigenvalue weighted by Gasteiger charge is -2.15. The van der Waals surface area contributed by atoms with Gasteiger partial charge in [0.25, 0.3) is 0 Å². The number of hydrogen-bond acceptors (Lipinski definition) is 4. The molecule has 18 heavy (non-hydrogen) atoms. The van der Waals surface area contributed by atoms with Crippen molar-refractivity contribution in [2.24, 2.45) is 5.92 Å². The largest absolute Gasteiger partial charge is 0.393 e. The first kappa shape index (κ1) is 12.1. The number of hydrogen-bond donors (Lipinski definition) is 2. The number of aliphatic hydroxyl groups excluding tert-OH is 1. The molecule has 2 atom stereocenters. The highest BCUT2D eigenvalue weighted by atomic mass is 16.3. The van der Waals surface area contributed by atoms with Crippen molar-refractivity contribution in [2.45, 2.75) is 57.7 Å². The van der Waals surface area contributed by atoms with Crippen LogP contribution in [0.15, 0.2) is 0 Å². The van der Waals surface area contributed by atoms with E-state index in [2.05, 4.69) is 20.1 Å². The van der Waals surface area contributed by atoms with Gasteiger partial charge in [-0.15, -0.1) is 10.2 Å². The molecule has 0 amide bonds. The van der Waals surface area contributed by atoms with Gasteiger partial charge in [0.1, 0.15) is 11.6 Å². The summed E-state index contributed by atoms with van der Waals surface area (Å²) in [6.45, 7) is 2.86. The highest BCUT2D eigenvalue weighted by molar-refractivity contribution is 4.98. The zero-order chi connectivity index (χ0) is 12.4. The first-order valence-corrected chi connectivity index (χ1v) is 7.12. The summed E-state index contributed by atoms with van der Waals surface area (Å²) < 4.78 is 2.26. The Morgan fingerprint density at radius 1 is 1.28 bits per heavy atom. The summed E-state index contributed by atoms with van der Waals surface area (Å²) in [6.07, 6.45) is 6.54. The van der Waals surface area contributed by atoms with Crippen LogP contribution in [0.1, 0.15) is 43.8 Å². The summed E-state index contributed by atoms with van der Waals surface area (Å²) in [7, 11) is 0. The summed E-state index contributed by atoms with van der Waals surface area (Å²) in [5.74, 6) is 2.85. The van der Waals surface area contributed by atoms with E-state index in [0.717, 1.165) is 57.0 Å². The molecule has 5 heteroatoms. The fraction of sp³-hybridized carbons (Fsp3) is 0.846. The number of nitrogens with one attached hydrogen (secondary N) is 1. The average Bonchev–Trinajstić information content (AvgIpc) is 2.97. The highest BCUT2D eigenvalue weighted by Crippen LogP contribution is 2.24. The number of aryl methyl sites for hydroxylation is 1. The van der Waals surface area contributed by atoms with Gasteiger partial charge in [-0.3, -0.25) is 0 Å². The number of aliphatic hydroxyl groups is 1. The second-order valence-electron chi connectivity index (χ2n) is 5.61. The molecule has 1 aromatic rings. The van der Waals surface area contributed by atoms with Crippen LogP contribution in [-0.2, 0) is 19.5 Å². The SMILES string of the molecule is OC1CCC(CNCc2nnc3n2CCCC3)C1. The molecule has 2 unspecified atom stereocenters. The van der Waals surface area contributed by atoms with Crippen LogP contribution < -0.4 is 5.32 Å². The van der Waals surface area contributed by atoms with Gasteiger partial charge in [-0.05, 0) is 44.6 Å². The van der Waals surface area contributed by atoms with Crippen LogP contribution in [0.4, 0.5) is 0 Å². The number of nitrogens with zero attached hydrogens (tertiary/aromatic N) is 3. The molecule has 0 spiro atoms. The van der Waals surface area contributed by atoms with Crippen LogP contribution in [-0.4, -0.2) is 32.5 Å². The van der Waals surface area contributed by atoms with Gasteiger partial charge in [0.2, 0.25) is 0 Å². The van der Waals surface area contributed by atoms with E-state index in [0.29, 0.717) is 5.92 Å². The highest BCUT2D eigenvalue weighted by Gasteiger charge is 2.22. The van der Waals surface area contributed by atoms with E-state index in [9.17, 15) is 5.11 Å². The number of rotatable bonds is 4. The summed E-state index contributed by atoms with van der Waals surface area (Å²) in [5.41, 5.74) is 0. The van der Waals surface area contributed by atoms with Crippen molar-refractivity contribution in [1.29, 1.82) is 0 Å². The van der Waals surface area contributed by atoms with E-state index < -0.39 is 0 Å². The van der Waals surface area contributed by atoms with Crippen LogP contribution in [0.25, 0.3) is 0 Å². The van der Waals surface area contributed by atoms with Crippen LogP contribution in [0.5, 0.6) is 0 Å². The monoisotopic (exact) mass is 250 g/mol. The minimum absolute atomic E-state index is 0.0716. The van der Waals surface area contributed by atoms with Crippen molar-refractivity contribution < 1.29 is 5.11 Å². The Morgan fingerprint density at radius 3 is 3.06 bits per heavy atom. The fourth-order valence-corrected chi connectivity index (χ4v) is 3.12. The van der Waals surface area contributed by atoms with Crippen molar-refractivity contribution >= 4 is 0 Å². The summed E-state index contributed by atoms with van der Waals surface area (Å²) in [5, 5.41) is 21.5. The maximum atomic E-state index is 9.49. The van der Waals surface area contributed by atoms with Crippen LogP contribution in [0.3, 0.4) is 0 Å². The molecule has 0 aromatic carbocycles. The van der Waals surface area contributed by atoms with Gasteiger partial charge in [0, 0.05) is 13.0 Å². The van der Waals surface area contributed by atoms with E-state index in [4.69, 9.17) is 0 Å². The lowest BCUT2D eigenvalue weighted by atomic mass is 10.1. The van der Waals surface area contributed by atoms with Crippen molar-refractivity contribution in [2.75, 3.05) is 6.54 Å². The molecular weight excluding hydrogens is 228 g/mol. The van der Waals surface area contributed by atoms with Gasteiger partial charge in [-0.2, -0.15) is 0 Å². The molecule has 100 valence electrons. The zero-order valence-electron chi connectivity index (χ0n) is 10.8. The molecule has 5 nitrogen and oxygen atoms in total. The molecule has 0 saturated heterocycles. The lowest BCUT2D eigenvalue weighted by Crippen LogP contribution is -2.24. The molecule has 1 aliphatic heterocycles. The molecule has 0 bridgehead atoms. The molecular formula is C13H22N4O. The van der Waals surface area contributed by atoms with Gasteiger partial charge in [0.05, 0.1) is 12.6 Å². The quantitative estimate of drug-likeness (QED) is 0.832. The predicted octanol–water partition coefficient (Wildman–Crippen LogP) is 0.865. The van der Waals surface area contributed by atoms with Crippen molar-refractivity contribution in [3.05, 3.63) is 11.6 Å². The maximum Gasteiger partial charge on any atom is 0.147 e. The number of fused-ring (bicyclic) bond motifs is 1. The molecule has 2 N–H and O–H groups in total. The standard InChI is InChI=1S/C13H22N4O/c18-11-5-4-10(7-11)8-14-9-13-16-15-12-3-1-2-6-17(12)13/h10-11,14,18H,1-9H2. The second kappa shape index (κ2) is 5.36. The van der Waals surface area contributed by atoms with Crippen molar-refractivity contribution in [1.82, 2.24) is 20.1 Å². The molecule has 2 aliphatic rings. The number of aromatic nitrogens is 3. The summed E-state index contributed by atoms with van der Waals surface area (Å²) in [6, 6.07) is 0. The Hall–Kier alpha value is -0.940. The molecule has 1 saturated carbocycles. The third-order valence-electron chi connectivity index (χ3n) is 4.17. The van der Waals surface area contributed by atoms with Gasteiger partial charge in [-0.25, -0.2) is 0 Å². The molecule has 2 heterocycles. The third kappa shape index (κ3) is 2.57. The Labute approximate surface area is 108 Å². The van der Waals surface area contributed by atoms with Gasteiger partial charge in [-0.1, -0.05) is 0 Å². The normalized spacial score (nSPS) is 27.4. The van der Waals surface area contributed by atoms with E-state index in [1.165, 1.54) is 12.8 Å². The minimum Gasteiger partial charge on any atom is -0.393 e. The van der Waals surface area contributed by atoms with Gasteiger partial charge in [0.15, 0.2) is 0 Å². The van der Waals surface area contributed by atoms with E-state index in [-0.39, 0.29) is 6.10 Å². The topological polar surface area (TPSA) is 63.0 Å². The van der Waals surface area contributed by atoms with Crippen molar-refractivity contribution in [3.8, 4) is 0 Å². The first-order chi connectivity index (χ1) is 8.83. The Balaban J connectivity index is 1.49. The van der Waals surface area contributed by atoms with E-state index in [1.54, 1.807) is 0 Å². The average molecular weight is 250 g/mol. The van der Waals surface area contributed by atoms with Crippen LogP contribution in [0.2, 0.25) is 0 Å². The summed E-state index contributed by atoms with van der Waals surface area (Å²) >= 11 is 0. The maximum absolute atomic E-state index is 9.49. The zero-order valence-corrected chi connectivity index (χ0v) is 10.8. The molecule has 1 fully saturated rings. The fourth-order valence-electron chi connectivity index (χ4n) is 3.12. The molecule has 1 aromatic heterocycles. The third-order valence-corrected chi connectivity index (χ3v) is 4.17. The Bertz CT molecular complexity index is 404. The Morgan fingerprint density at radius 2 is 2.22 bits per heavy atom. The lowest BCUT2D eigenvalue weighted by molar-refractivity contribution is 0.177. The van der Waals surface area contributed by atoms with Crippen molar-refractivity contribution in [3.63, 3.8) is 0 Å². The minimum atomic E-state index is -0.0716. The smallest absolute Gasteiger partial charge is 0.147 e. The van der Waals surface area contributed by atoms with E-state index in [1.807, 2.05) is 0 Å². The van der Waals surface area contributed by atoms with Gasteiger partial charge >= 0.3 is 0 Å². The summed E-state index contributed by atoms with van der Waals surface area (Å²) in [4.78, 5) is 0. The van der Waals surface area contributed by atoms with Gasteiger partial charge < -0.3 is 15.0 Å². The molecule has 0 radical (unpaired) electrons. The molecule has 3 rings (SSSR count). The Kier molecular flexibility index (Phi) is 3.61. The van der Waals surface area contributed by atoms with Crippen LogP contribution in [0, 0.1) is 5.92 Å².